The first-order chi connectivity index (χ1) is 9.31. The number of fused-ring (bicyclic) bond motifs is 1. The highest BCUT2D eigenvalue weighted by molar-refractivity contribution is 7.09. The predicted octanol–water partition coefficient (Wildman–Crippen LogP) is 3.33. The van der Waals surface area contributed by atoms with Gasteiger partial charge in [0.05, 0.1) is 6.61 Å². The van der Waals surface area contributed by atoms with E-state index in [9.17, 15) is 0 Å². The summed E-state index contributed by atoms with van der Waals surface area (Å²) < 4.78 is 5.13. The number of thiophene rings is 1. The first kappa shape index (κ1) is 13.6. The molecule has 0 saturated heterocycles. The molecule has 0 spiro atoms. The lowest BCUT2D eigenvalue weighted by Gasteiger charge is -2.31. The van der Waals surface area contributed by atoms with Crippen molar-refractivity contribution in [3.63, 3.8) is 0 Å². The fourth-order valence-corrected chi connectivity index (χ4v) is 4.52. The molecule has 2 atom stereocenters. The zero-order chi connectivity index (χ0) is 13.1. The normalized spacial score (nSPS) is 32.5. The van der Waals surface area contributed by atoms with Crippen LogP contribution in [0.2, 0.25) is 0 Å². The van der Waals surface area contributed by atoms with Crippen LogP contribution in [0, 0.1) is 17.3 Å². The van der Waals surface area contributed by atoms with Gasteiger partial charge in [0.15, 0.2) is 0 Å². The minimum Gasteiger partial charge on any atom is -0.383 e. The zero-order valence-corrected chi connectivity index (χ0v) is 12.7. The van der Waals surface area contributed by atoms with Crippen LogP contribution in [0.3, 0.4) is 0 Å². The quantitative estimate of drug-likeness (QED) is 0.737. The van der Waals surface area contributed by atoms with Gasteiger partial charge in [0, 0.05) is 25.1 Å². The van der Waals surface area contributed by atoms with E-state index in [0.717, 1.165) is 25.0 Å². The molecule has 19 heavy (non-hydrogen) atoms. The summed E-state index contributed by atoms with van der Waals surface area (Å²) in [6.45, 7) is 3.01. The van der Waals surface area contributed by atoms with Gasteiger partial charge in [-0.2, -0.15) is 0 Å². The smallest absolute Gasteiger partial charge is 0.0587 e. The van der Waals surface area contributed by atoms with Crippen LogP contribution < -0.4 is 5.32 Å². The van der Waals surface area contributed by atoms with Gasteiger partial charge in [0.25, 0.3) is 0 Å². The summed E-state index contributed by atoms with van der Waals surface area (Å²) >= 11 is 1.91. The molecule has 1 aromatic heterocycles. The Bertz CT molecular complexity index is 379. The van der Waals surface area contributed by atoms with E-state index in [2.05, 4.69) is 22.8 Å². The second-order valence-corrected chi connectivity index (χ2v) is 7.45. The Balaban J connectivity index is 1.51. The fraction of sp³-hybridized carbons (Fsp3) is 0.750. The van der Waals surface area contributed by atoms with Gasteiger partial charge in [-0.25, -0.2) is 0 Å². The summed E-state index contributed by atoms with van der Waals surface area (Å²) in [5, 5.41) is 5.82. The maximum atomic E-state index is 5.13. The van der Waals surface area contributed by atoms with Crippen LogP contribution >= 0.6 is 11.3 Å². The molecule has 106 valence electrons. The van der Waals surface area contributed by atoms with Crippen molar-refractivity contribution in [2.24, 2.45) is 17.3 Å². The molecule has 0 aromatic carbocycles. The average Bonchev–Trinajstić information content (AvgIpc) is 2.85. The summed E-state index contributed by atoms with van der Waals surface area (Å²) in [4.78, 5) is 1.55. The van der Waals surface area contributed by atoms with Gasteiger partial charge in [0.1, 0.15) is 0 Å². The van der Waals surface area contributed by atoms with E-state index in [1.54, 1.807) is 12.0 Å². The van der Waals surface area contributed by atoms with E-state index in [1.165, 1.54) is 38.6 Å². The number of ether oxygens (including phenoxy) is 1. The standard InChI is InChI=1S/C16H25NOS/c1-18-7-6-17-12-16(10-13-9-14(13)11-16)5-4-15-3-2-8-19-15/h2-3,8,13-14,17H,4-7,9-12H2,1H3. The van der Waals surface area contributed by atoms with E-state index >= 15 is 0 Å². The summed E-state index contributed by atoms with van der Waals surface area (Å²) in [7, 11) is 1.78. The molecule has 3 rings (SSSR count). The van der Waals surface area contributed by atoms with Gasteiger partial charge >= 0.3 is 0 Å². The van der Waals surface area contributed by atoms with Crippen molar-refractivity contribution < 1.29 is 4.74 Å². The number of hydrogen-bond acceptors (Lipinski definition) is 3. The zero-order valence-electron chi connectivity index (χ0n) is 11.9. The maximum Gasteiger partial charge on any atom is 0.0587 e. The minimum atomic E-state index is 0.575. The van der Waals surface area contributed by atoms with Gasteiger partial charge in [-0.3, -0.25) is 0 Å². The SMILES string of the molecule is COCCNCC1(CCc2cccs2)CC2CC2C1. The third-order valence-corrected chi connectivity index (χ3v) is 5.86. The molecule has 1 aromatic rings. The molecule has 2 aliphatic carbocycles. The molecule has 0 amide bonds. The van der Waals surface area contributed by atoms with Crippen LogP contribution in [0.15, 0.2) is 17.5 Å². The van der Waals surface area contributed by atoms with Crippen molar-refractivity contribution in [3.05, 3.63) is 22.4 Å². The minimum absolute atomic E-state index is 0.575. The van der Waals surface area contributed by atoms with Crippen molar-refractivity contribution in [2.75, 3.05) is 26.8 Å². The monoisotopic (exact) mass is 279 g/mol. The van der Waals surface area contributed by atoms with E-state index in [0.29, 0.717) is 5.41 Å². The Labute approximate surface area is 120 Å². The van der Waals surface area contributed by atoms with Gasteiger partial charge in [-0.15, -0.1) is 11.3 Å². The summed E-state index contributed by atoms with van der Waals surface area (Å²) in [6.07, 6.45) is 7.06. The van der Waals surface area contributed by atoms with E-state index in [4.69, 9.17) is 4.74 Å². The lowest BCUT2D eigenvalue weighted by atomic mass is 9.78. The first-order valence-electron chi connectivity index (χ1n) is 7.53. The lowest BCUT2D eigenvalue weighted by molar-refractivity contribution is 0.182. The van der Waals surface area contributed by atoms with Crippen LogP contribution in [0.25, 0.3) is 0 Å². The maximum absolute atomic E-state index is 5.13. The van der Waals surface area contributed by atoms with Crippen molar-refractivity contribution >= 4 is 11.3 Å². The fourth-order valence-electron chi connectivity index (χ4n) is 3.81. The van der Waals surface area contributed by atoms with Gasteiger partial charge in [-0.05, 0) is 60.8 Å². The highest BCUT2D eigenvalue weighted by Crippen LogP contribution is 2.61. The highest BCUT2D eigenvalue weighted by atomic mass is 32.1. The van der Waals surface area contributed by atoms with Gasteiger partial charge in [-0.1, -0.05) is 6.07 Å². The predicted molar refractivity (Wildman–Crippen MR) is 80.6 cm³/mol. The topological polar surface area (TPSA) is 21.3 Å². The number of nitrogens with one attached hydrogen (secondary N) is 1. The number of hydrogen-bond donors (Lipinski definition) is 1. The Kier molecular flexibility index (Phi) is 4.25. The van der Waals surface area contributed by atoms with Crippen molar-refractivity contribution in [3.8, 4) is 0 Å². The molecule has 2 nitrogen and oxygen atoms in total. The van der Waals surface area contributed by atoms with Crippen molar-refractivity contribution in [1.29, 1.82) is 0 Å². The lowest BCUT2D eigenvalue weighted by Crippen LogP contribution is -2.35. The summed E-state index contributed by atoms with van der Waals surface area (Å²) in [5.74, 6) is 2.13. The summed E-state index contributed by atoms with van der Waals surface area (Å²) in [5.41, 5.74) is 0.575. The van der Waals surface area contributed by atoms with E-state index < -0.39 is 0 Å². The summed E-state index contributed by atoms with van der Waals surface area (Å²) in [6, 6.07) is 4.46. The molecule has 0 aliphatic heterocycles. The van der Waals surface area contributed by atoms with Crippen LogP contribution in [-0.4, -0.2) is 26.8 Å². The average molecular weight is 279 g/mol. The largest absolute Gasteiger partial charge is 0.383 e. The second-order valence-electron chi connectivity index (χ2n) is 6.41. The van der Waals surface area contributed by atoms with E-state index in [-0.39, 0.29) is 0 Å². The molecular formula is C16H25NOS. The third-order valence-electron chi connectivity index (χ3n) is 4.92. The van der Waals surface area contributed by atoms with Gasteiger partial charge in [0.2, 0.25) is 0 Å². The molecule has 0 radical (unpaired) electrons. The molecule has 2 aliphatic rings. The Hall–Kier alpha value is -0.380. The molecular weight excluding hydrogens is 254 g/mol. The molecule has 0 bridgehead atoms. The first-order valence-corrected chi connectivity index (χ1v) is 8.41. The second kappa shape index (κ2) is 5.94. The third kappa shape index (κ3) is 3.39. The van der Waals surface area contributed by atoms with E-state index in [1.807, 2.05) is 11.3 Å². The number of rotatable bonds is 8. The van der Waals surface area contributed by atoms with Gasteiger partial charge < -0.3 is 10.1 Å². The molecule has 2 saturated carbocycles. The molecule has 1 N–H and O–H groups in total. The molecule has 1 heterocycles. The van der Waals surface area contributed by atoms with Crippen LogP contribution in [0.1, 0.15) is 30.6 Å². The molecule has 3 heteroatoms. The molecule has 2 unspecified atom stereocenters. The van der Waals surface area contributed by atoms with Crippen LogP contribution in [-0.2, 0) is 11.2 Å². The van der Waals surface area contributed by atoms with Crippen LogP contribution in [0.5, 0.6) is 0 Å². The van der Waals surface area contributed by atoms with Crippen LogP contribution in [0.4, 0.5) is 0 Å². The highest BCUT2D eigenvalue weighted by Gasteiger charge is 2.52. The Morgan fingerprint density at radius 1 is 1.42 bits per heavy atom. The number of methoxy groups -OCH3 is 1. The van der Waals surface area contributed by atoms with Crippen molar-refractivity contribution in [1.82, 2.24) is 5.32 Å². The number of aryl methyl sites for hydroxylation is 1. The van der Waals surface area contributed by atoms with Crippen molar-refractivity contribution in [2.45, 2.75) is 32.1 Å². The molecule has 2 fully saturated rings. The Morgan fingerprint density at radius 2 is 2.26 bits per heavy atom. The Morgan fingerprint density at radius 3 is 2.95 bits per heavy atom.